The fourth-order valence-corrected chi connectivity index (χ4v) is 2.75. The lowest BCUT2D eigenvalue weighted by Gasteiger charge is -2.12. The fourth-order valence-electron chi connectivity index (χ4n) is 2.75. The number of nitrogens with zero attached hydrogens (tertiary/aromatic N) is 1. The number of para-hydroxylation sites is 3. The van der Waals surface area contributed by atoms with Crippen LogP contribution in [0.25, 0.3) is 10.9 Å². The van der Waals surface area contributed by atoms with Crippen LogP contribution in [0.15, 0.2) is 54.6 Å². The van der Waals surface area contributed by atoms with Crippen LogP contribution in [0, 0.1) is 6.92 Å². The van der Waals surface area contributed by atoms with Crippen molar-refractivity contribution in [2.45, 2.75) is 26.7 Å². The lowest BCUT2D eigenvalue weighted by atomic mass is 10.2. The second-order valence-electron chi connectivity index (χ2n) is 6.06. The van der Waals surface area contributed by atoms with Crippen molar-refractivity contribution in [1.29, 1.82) is 0 Å². The lowest BCUT2D eigenvalue weighted by molar-refractivity contribution is 0.253. The van der Waals surface area contributed by atoms with Gasteiger partial charge in [0, 0.05) is 11.1 Å². The van der Waals surface area contributed by atoms with Crippen molar-refractivity contribution in [3.8, 4) is 17.2 Å². The molecule has 2 aromatic carbocycles. The van der Waals surface area contributed by atoms with Gasteiger partial charge in [-0.25, -0.2) is 4.98 Å². The van der Waals surface area contributed by atoms with Gasteiger partial charge in [0.15, 0.2) is 11.5 Å². The van der Waals surface area contributed by atoms with Crippen molar-refractivity contribution in [2.24, 2.45) is 0 Å². The van der Waals surface area contributed by atoms with Crippen molar-refractivity contribution < 1.29 is 14.2 Å². The van der Waals surface area contributed by atoms with Gasteiger partial charge in [-0.05, 0) is 51.0 Å². The molecule has 0 aliphatic rings. The Balaban J connectivity index is 1.46. The number of hydrogen-bond donors (Lipinski definition) is 0. The van der Waals surface area contributed by atoms with Crippen LogP contribution in [0.3, 0.4) is 0 Å². The predicted octanol–water partition coefficient (Wildman–Crippen LogP) is 5.18. The second kappa shape index (κ2) is 9.09. The molecule has 136 valence electrons. The van der Waals surface area contributed by atoms with E-state index in [-0.39, 0.29) is 0 Å². The van der Waals surface area contributed by atoms with Crippen molar-refractivity contribution in [3.63, 3.8) is 0 Å². The normalized spacial score (nSPS) is 10.7. The maximum Gasteiger partial charge on any atom is 0.161 e. The van der Waals surface area contributed by atoms with E-state index in [0.717, 1.165) is 46.7 Å². The van der Waals surface area contributed by atoms with Gasteiger partial charge in [-0.15, -0.1) is 0 Å². The molecule has 3 rings (SSSR count). The third-order valence-corrected chi connectivity index (χ3v) is 4.03. The molecule has 0 aliphatic heterocycles. The highest BCUT2D eigenvalue weighted by Crippen LogP contribution is 2.27. The van der Waals surface area contributed by atoms with Crippen molar-refractivity contribution in [2.75, 3.05) is 19.8 Å². The summed E-state index contributed by atoms with van der Waals surface area (Å²) in [5.74, 6) is 2.43. The molecule has 3 aromatic rings. The number of unbranched alkanes of at least 4 members (excludes halogenated alkanes) is 1. The average molecular weight is 351 g/mol. The molecule has 4 nitrogen and oxygen atoms in total. The molecular formula is C22H25NO3. The van der Waals surface area contributed by atoms with E-state index in [4.69, 9.17) is 14.2 Å². The summed E-state index contributed by atoms with van der Waals surface area (Å²) in [6, 6.07) is 17.9. The Hall–Kier alpha value is -2.75. The molecule has 0 saturated heterocycles. The highest BCUT2D eigenvalue weighted by atomic mass is 16.5. The summed E-state index contributed by atoms with van der Waals surface area (Å²) in [6.45, 7) is 5.88. The summed E-state index contributed by atoms with van der Waals surface area (Å²) in [6.07, 6.45) is 1.83. The Morgan fingerprint density at radius 2 is 1.38 bits per heavy atom. The van der Waals surface area contributed by atoms with Gasteiger partial charge in [-0.1, -0.05) is 30.3 Å². The Morgan fingerprint density at radius 3 is 2.12 bits per heavy atom. The second-order valence-corrected chi connectivity index (χ2v) is 6.06. The molecule has 26 heavy (non-hydrogen) atoms. The molecule has 0 atom stereocenters. The first kappa shape index (κ1) is 18.1. The average Bonchev–Trinajstić information content (AvgIpc) is 2.66. The minimum Gasteiger partial charge on any atom is -0.491 e. The molecule has 0 bridgehead atoms. The highest BCUT2D eigenvalue weighted by molar-refractivity contribution is 5.84. The van der Waals surface area contributed by atoms with E-state index in [9.17, 15) is 0 Å². The number of pyridine rings is 1. The van der Waals surface area contributed by atoms with Gasteiger partial charge < -0.3 is 14.2 Å². The Morgan fingerprint density at radius 1 is 0.731 bits per heavy atom. The summed E-state index contributed by atoms with van der Waals surface area (Å²) in [5, 5.41) is 1.10. The molecule has 1 heterocycles. The first-order valence-electron chi connectivity index (χ1n) is 9.11. The molecule has 0 radical (unpaired) electrons. The molecule has 0 saturated carbocycles. The minimum atomic E-state index is 0.632. The zero-order chi connectivity index (χ0) is 18.2. The summed E-state index contributed by atoms with van der Waals surface area (Å²) in [4.78, 5) is 4.59. The topological polar surface area (TPSA) is 40.6 Å². The van der Waals surface area contributed by atoms with Crippen molar-refractivity contribution in [3.05, 3.63) is 60.3 Å². The Kier molecular flexibility index (Phi) is 6.31. The molecule has 0 spiro atoms. The van der Waals surface area contributed by atoms with E-state index in [1.54, 1.807) is 0 Å². The predicted molar refractivity (Wildman–Crippen MR) is 104 cm³/mol. The molecule has 0 amide bonds. The van der Waals surface area contributed by atoms with Gasteiger partial charge in [0.25, 0.3) is 0 Å². The van der Waals surface area contributed by atoms with Crippen LogP contribution in [0.4, 0.5) is 0 Å². The fraction of sp³-hybridized carbons (Fsp3) is 0.318. The van der Waals surface area contributed by atoms with Gasteiger partial charge in [0.05, 0.1) is 19.8 Å². The highest BCUT2D eigenvalue weighted by Gasteiger charge is 2.05. The summed E-state index contributed by atoms with van der Waals surface area (Å²) in [7, 11) is 0. The number of rotatable bonds is 9. The number of aromatic nitrogens is 1. The van der Waals surface area contributed by atoms with Gasteiger partial charge in [-0.3, -0.25) is 0 Å². The van der Waals surface area contributed by atoms with E-state index in [0.29, 0.717) is 19.8 Å². The number of hydrogen-bond acceptors (Lipinski definition) is 4. The first-order chi connectivity index (χ1) is 12.8. The van der Waals surface area contributed by atoms with E-state index < -0.39 is 0 Å². The molecule has 0 aliphatic carbocycles. The smallest absolute Gasteiger partial charge is 0.161 e. The van der Waals surface area contributed by atoms with E-state index >= 15 is 0 Å². The van der Waals surface area contributed by atoms with Gasteiger partial charge in [0.1, 0.15) is 11.3 Å². The number of ether oxygens (including phenoxy) is 3. The Bertz CT molecular complexity index is 848. The van der Waals surface area contributed by atoms with Gasteiger partial charge in [-0.2, -0.15) is 0 Å². The first-order valence-corrected chi connectivity index (χ1v) is 9.11. The monoisotopic (exact) mass is 351 g/mol. The summed E-state index contributed by atoms with van der Waals surface area (Å²) >= 11 is 0. The molecule has 0 N–H and O–H groups in total. The summed E-state index contributed by atoms with van der Waals surface area (Å²) in [5.41, 5.74) is 1.92. The van der Waals surface area contributed by atoms with E-state index in [1.807, 2.05) is 56.3 Å². The SMILES string of the molecule is CCOc1ccccc1OCCCCOc1cccc2ccc(C)nc12. The van der Waals surface area contributed by atoms with Crippen LogP contribution in [-0.4, -0.2) is 24.8 Å². The van der Waals surface area contributed by atoms with Crippen LogP contribution in [0.1, 0.15) is 25.5 Å². The third kappa shape index (κ3) is 4.66. The molecule has 1 aromatic heterocycles. The van der Waals surface area contributed by atoms with Crippen LogP contribution in [0.5, 0.6) is 17.2 Å². The molecular weight excluding hydrogens is 326 g/mol. The lowest BCUT2D eigenvalue weighted by Crippen LogP contribution is -2.04. The maximum absolute atomic E-state index is 5.95. The third-order valence-electron chi connectivity index (χ3n) is 4.03. The quantitative estimate of drug-likeness (QED) is 0.498. The largest absolute Gasteiger partial charge is 0.491 e. The number of aryl methyl sites for hydroxylation is 1. The molecule has 4 heteroatoms. The maximum atomic E-state index is 5.95. The standard InChI is InChI=1S/C22H25NO3/c1-3-24-19-10-4-5-11-20(19)25-15-6-7-16-26-21-12-8-9-18-14-13-17(2)23-22(18)21/h4-5,8-14H,3,6-7,15-16H2,1-2H3. The van der Waals surface area contributed by atoms with Gasteiger partial charge >= 0.3 is 0 Å². The number of fused-ring (bicyclic) bond motifs is 1. The van der Waals surface area contributed by atoms with Crippen LogP contribution < -0.4 is 14.2 Å². The number of benzene rings is 2. The zero-order valence-corrected chi connectivity index (χ0v) is 15.4. The Labute approximate surface area is 154 Å². The van der Waals surface area contributed by atoms with E-state index in [2.05, 4.69) is 17.1 Å². The zero-order valence-electron chi connectivity index (χ0n) is 15.4. The van der Waals surface area contributed by atoms with Crippen LogP contribution in [-0.2, 0) is 0 Å². The minimum absolute atomic E-state index is 0.632. The summed E-state index contributed by atoms with van der Waals surface area (Å²) < 4.78 is 17.3. The van der Waals surface area contributed by atoms with Crippen LogP contribution in [0.2, 0.25) is 0 Å². The van der Waals surface area contributed by atoms with Crippen LogP contribution >= 0.6 is 0 Å². The van der Waals surface area contributed by atoms with E-state index in [1.165, 1.54) is 0 Å². The molecule has 0 fully saturated rings. The van der Waals surface area contributed by atoms with Gasteiger partial charge in [0.2, 0.25) is 0 Å². The molecule has 0 unspecified atom stereocenters. The van der Waals surface area contributed by atoms with Crippen molar-refractivity contribution >= 4 is 10.9 Å². The van der Waals surface area contributed by atoms with Crippen molar-refractivity contribution in [1.82, 2.24) is 4.98 Å².